The van der Waals surface area contributed by atoms with Crippen LogP contribution in [0.2, 0.25) is 5.02 Å². The smallest absolute Gasteiger partial charge is 0.270 e. The molecular weight excluding hydrogens is 311 g/mol. The van der Waals surface area contributed by atoms with Crippen LogP contribution < -0.4 is 4.90 Å². The van der Waals surface area contributed by atoms with E-state index in [0.29, 0.717) is 12.2 Å². The van der Waals surface area contributed by atoms with Crippen LogP contribution >= 0.6 is 11.6 Å². The largest absolute Gasteiger partial charge is 0.309 e. The molecule has 0 atom stereocenters. The molecule has 0 spiro atoms. The highest BCUT2D eigenvalue weighted by Crippen LogP contribution is 2.25. The van der Waals surface area contributed by atoms with Crippen LogP contribution in [0.5, 0.6) is 0 Å². The van der Waals surface area contributed by atoms with Crippen molar-refractivity contribution >= 4 is 28.9 Å². The average molecular weight is 323 g/mol. The van der Waals surface area contributed by atoms with Gasteiger partial charge >= 0.3 is 0 Å². The minimum atomic E-state index is -0.586. The van der Waals surface area contributed by atoms with Gasteiger partial charge in [-0.3, -0.25) is 14.9 Å². The summed E-state index contributed by atoms with van der Waals surface area (Å²) in [5.74, 6) is -0.811. The SMILES string of the molecule is CCN(C(=O)c1ccc([N+](=O)[O-])cc1Cl)c1ccc(F)cc1. The van der Waals surface area contributed by atoms with Gasteiger partial charge in [0.25, 0.3) is 11.6 Å². The van der Waals surface area contributed by atoms with Crippen molar-refractivity contribution in [2.24, 2.45) is 0 Å². The normalized spacial score (nSPS) is 10.3. The van der Waals surface area contributed by atoms with Gasteiger partial charge in [-0.2, -0.15) is 0 Å². The van der Waals surface area contributed by atoms with E-state index < -0.39 is 16.6 Å². The standard InChI is InChI=1S/C15H12ClFN2O3/c1-2-18(11-5-3-10(17)4-6-11)15(20)13-8-7-12(19(21)22)9-14(13)16/h3-9H,2H2,1H3. The zero-order chi connectivity index (χ0) is 16.3. The van der Waals surface area contributed by atoms with E-state index in [9.17, 15) is 19.3 Å². The Kier molecular flexibility index (Phi) is 4.72. The van der Waals surface area contributed by atoms with Gasteiger partial charge in [-0.25, -0.2) is 4.39 Å². The van der Waals surface area contributed by atoms with E-state index in [0.717, 1.165) is 6.07 Å². The molecule has 0 heterocycles. The molecule has 0 saturated heterocycles. The lowest BCUT2D eigenvalue weighted by Crippen LogP contribution is -2.30. The van der Waals surface area contributed by atoms with Crippen LogP contribution in [0.4, 0.5) is 15.8 Å². The Morgan fingerprint density at radius 2 is 1.91 bits per heavy atom. The van der Waals surface area contributed by atoms with E-state index in [1.807, 2.05) is 0 Å². The molecule has 0 fully saturated rings. The second kappa shape index (κ2) is 6.53. The number of rotatable bonds is 4. The molecule has 7 heteroatoms. The second-order valence-corrected chi connectivity index (χ2v) is 4.85. The van der Waals surface area contributed by atoms with Gasteiger partial charge in [0, 0.05) is 24.4 Å². The van der Waals surface area contributed by atoms with Crippen molar-refractivity contribution in [2.45, 2.75) is 6.92 Å². The van der Waals surface area contributed by atoms with E-state index in [4.69, 9.17) is 11.6 Å². The third-order valence-electron chi connectivity index (χ3n) is 3.09. The molecule has 0 bridgehead atoms. The molecule has 5 nitrogen and oxygen atoms in total. The number of carbonyl (C=O) groups excluding carboxylic acids is 1. The minimum Gasteiger partial charge on any atom is -0.309 e. The molecule has 22 heavy (non-hydrogen) atoms. The van der Waals surface area contributed by atoms with Crippen LogP contribution in [-0.4, -0.2) is 17.4 Å². The molecule has 2 aromatic carbocycles. The van der Waals surface area contributed by atoms with Gasteiger partial charge in [-0.05, 0) is 37.3 Å². The Hall–Kier alpha value is -2.47. The fourth-order valence-corrected chi connectivity index (χ4v) is 2.26. The van der Waals surface area contributed by atoms with E-state index >= 15 is 0 Å². The van der Waals surface area contributed by atoms with Gasteiger partial charge in [0.1, 0.15) is 5.82 Å². The molecule has 114 valence electrons. The summed E-state index contributed by atoms with van der Waals surface area (Å²) in [6.07, 6.45) is 0. The third kappa shape index (κ3) is 3.23. The summed E-state index contributed by atoms with van der Waals surface area (Å²) in [6.45, 7) is 2.11. The van der Waals surface area contributed by atoms with Crippen LogP contribution in [0.3, 0.4) is 0 Å². The maximum atomic E-state index is 13.0. The molecule has 2 aromatic rings. The second-order valence-electron chi connectivity index (χ2n) is 4.45. The van der Waals surface area contributed by atoms with Crippen LogP contribution in [0, 0.1) is 15.9 Å². The number of nitro benzene ring substituents is 1. The lowest BCUT2D eigenvalue weighted by Gasteiger charge is -2.21. The van der Waals surface area contributed by atoms with E-state index in [2.05, 4.69) is 0 Å². The van der Waals surface area contributed by atoms with E-state index in [1.54, 1.807) is 6.92 Å². The molecule has 0 aliphatic carbocycles. The zero-order valence-corrected chi connectivity index (χ0v) is 12.4. The summed E-state index contributed by atoms with van der Waals surface area (Å²) in [6, 6.07) is 9.14. The maximum absolute atomic E-state index is 13.0. The molecule has 0 saturated carbocycles. The maximum Gasteiger partial charge on any atom is 0.270 e. The number of hydrogen-bond donors (Lipinski definition) is 0. The third-order valence-corrected chi connectivity index (χ3v) is 3.41. The number of amides is 1. The first-order chi connectivity index (χ1) is 10.4. The average Bonchev–Trinajstić information content (AvgIpc) is 2.49. The molecule has 0 N–H and O–H groups in total. The molecule has 0 aliphatic heterocycles. The predicted molar refractivity (Wildman–Crippen MR) is 81.9 cm³/mol. The number of carbonyl (C=O) groups is 1. The Labute approximate surface area is 131 Å². The molecular formula is C15H12ClFN2O3. The first-order valence-electron chi connectivity index (χ1n) is 6.45. The lowest BCUT2D eigenvalue weighted by molar-refractivity contribution is -0.384. The van der Waals surface area contributed by atoms with Gasteiger partial charge in [0.2, 0.25) is 0 Å². The summed E-state index contributed by atoms with van der Waals surface area (Å²) in [7, 11) is 0. The Bertz CT molecular complexity index is 719. The number of anilines is 1. The van der Waals surface area contributed by atoms with Crippen molar-refractivity contribution in [3.05, 3.63) is 69.0 Å². The van der Waals surface area contributed by atoms with Crippen molar-refractivity contribution in [1.82, 2.24) is 0 Å². The number of benzene rings is 2. The first-order valence-corrected chi connectivity index (χ1v) is 6.83. The summed E-state index contributed by atoms with van der Waals surface area (Å²) in [5.41, 5.74) is 0.480. The van der Waals surface area contributed by atoms with Gasteiger partial charge in [0.05, 0.1) is 15.5 Å². The highest BCUT2D eigenvalue weighted by Gasteiger charge is 2.20. The summed E-state index contributed by atoms with van der Waals surface area (Å²) < 4.78 is 13.0. The fourth-order valence-electron chi connectivity index (χ4n) is 2.00. The highest BCUT2D eigenvalue weighted by molar-refractivity contribution is 6.34. The highest BCUT2D eigenvalue weighted by atomic mass is 35.5. The van der Waals surface area contributed by atoms with Crippen molar-refractivity contribution < 1.29 is 14.1 Å². The molecule has 0 radical (unpaired) electrons. The van der Waals surface area contributed by atoms with Crippen molar-refractivity contribution in [2.75, 3.05) is 11.4 Å². The summed E-state index contributed by atoms with van der Waals surface area (Å²) >= 11 is 5.97. The number of halogens is 2. The van der Waals surface area contributed by atoms with E-state index in [-0.39, 0.29) is 16.3 Å². The number of non-ortho nitro benzene ring substituents is 1. The van der Waals surface area contributed by atoms with Gasteiger partial charge < -0.3 is 4.90 Å². The lowest BCUT2D eigenvalue weighted by atomic mass is 10.1. The fraction of sp³-hybridized carbons (Fsp3) is 0.133. The molecule has 0 aromatic heterocycles. The summed E-state index contributed by atoms with van der Waals surface area (Å²) in [5, 5.41) is 10.7. The Morgan fingerprint density at radius 1 is 1.27 bits per heavy atom. The van der Waals surface area contributed by atoms with Crippen molar-refractivity contribution in [3.8, 4) is 0 Å². The Balaban J connectivity index is 2.36. The van der Waals surface area contributed by atoms with Crippen molar-refractivity contribution in [3.63, 3.8) is 0 Å². The van der Waals surface area contributed by atoms with E-state index in [1.165, 1.54) is 41.3 Å². The molecule has 0 aliphatic rings. The molecule has 2 rings (SSSR count). The molecule has 0 unspecified atom stereocenters. The quantitative estimate of drug-likeness (QED) is 0.630. The van der Waals surface area contributed by atoms with Gasteiger partial charge in [0.15, 0.2) is 0 Å². The number of nitro groups is 1. The van der Waals surface area contributed by atoms with Crippen molar-refractivity contribution in [1.29, 1.82) is 0 Å². The molecule has 1 amide bonds. The van der Waals surface area contributed by atoms with Gasteiger partial charge in [-0.15, -0.1) is 0 Å². The van der Waals surface area contributed by atoms with Crippen LogP contribution in [0.1, 0.15) is 17.3 Å². The Morgan fingerprint density at radius 3 is 2.41 bits per heavy atom. The topological polar surface area (TPSA) is 63.5 Å². The van der Waals surface area contributed by atoms with Crippen LogP contribution in [0.15, 0.2) is 42.5 Å². The minimum absolute atomic E-state index is 0.000221. The van der Waals surface area contributed by atoms with Crippen LogP contribution in [0.25, 0.3) is 0 Å². The summed E-state index contributed by atoms with van der Waals surface area (Å²) in [4.78, 5) is 24.1. The zero-order valence-electron chi connectivity index (χ0n) is 11.6. The van der Waals surface area contributed by atoms with Crippen LogP contribution in [-0.2, 0) is 0 Å². The predicted octanol–water partition coefficient (Wildman–Crippen LogP) is 4.05. The number of nitrogens with zero attached hydrogens (tertiary/aromatic N) is 2. The first kappa shape index (κ1) is 15.9. The monoisotopic (exact) mass is 322 g/mol. The van der Waals surface area contributed by atoms with Gasteiger partial charge in [-0.1, -0.05) is 11.6 Å². The number of hydrogen-bond acceptors (Lipinski definition) is 3.